The number of ether oxygens (including phenoxy) is 4. The van der Waals surface area contributed by atoms with Crippen LogP contribution in [-0.4, -0.2) is 75.8 Å². The molecule has 25 heavy (non-hydrogen) atoms. The van der Waals surface area contributed by atoms with Gasteiger partial charge >= 0.3 is 0 Å². The number of hydrogen-bond donors (Lipinski definition) is 0. The van der Waals surface area contributed by atoms with Crippen molar-refractivity contribution in [3.63, 3.8) is 0 Å². The maximum absolute atomic E-state index is 10.7. The number of benzene rings is 1. The second kappa shape index (κ2) is 11.9. The van der Waals surface area contributed by atoms with Crippen LogP contribution in [0.4, 0.5) is 5.69 Å². The van der Waals surface area contributed by atoms with Gasteiger partial charge in [-0.15, -0.1) is 0 Å². The van der Waals surface area contributed by atoms with Gasteiger partial charge in [-0.25, -0.2) is 0 Å². The molecule has 1 aromatic carbocycles. The molecule has 2 rings (SSSR count). The molecule has 0 amide bonds. The van der Waals surface area contributed by atoms with Gasteiger partial charge in [0.05, 0.1) is 57.8 Å². The molecule has 1 heterocycles. The van der Waals surface area contributed by atoms with Gasteiger partial charge in [-0.1, -0.05) is 12.1 Å². The zero-order chi connectivity index (χ0) is 17.7. The van der Waals surface area contributed by atoms with E-state index in [0.29, 0.717) is 59.4 Å². The van der Waals surface area contributed by atoms with Crippen molar-refractivity contribution in [2.75, 3.05) is 65.9 Å². The number of rotatable bonds is 3. The Bertz CT molecular complexity index is 480. The molecule has 0 aromatic heterocycles. The molecule has 0 saturated carbocycles. The molecule has 0 atom stereocenters. The fourth-order valence-corrected chi connectivity index (χ4v) is 2.40. The lowest BCUT2D eigenvalue weighted by molar-refractivity contribution is -0.384. The third kappa shape index (κ3) is 8.37. The average molecular weight is 354 g/mol. The highest BCUT2D eigenvalue weighted by Crippen LogP contribution is 2.13. The van der Waals surface area contributed by atoms with E-state index < -0.39 is 0 Å². The fourth-order valence-electron chi connectivity index (χ4n) is 2.40. The Hall–Kier alpha value is -1.58. The van der Waals surface area contributed by atoms with Crippen LogP contribution in [0.25, 0.3) is 0 Å². The van der Waals surface area contributed by atoms with Crippen molar-refractivity contribution >= 4 is 5.69 Å². The highest BCUT2D eigenvalue weighted by atomic mass is 16.6. The number of nitrogens with zero attached hydrogens (tertiary/aromatic N) is 2. The molecule has 1 aromatic rings. The Labute approximate surface area is 147 Å². The Morgan fingerprint density at radius 2 is 1.24 bits per heavy atom. The highest BCUT2D eigenvalue weighted by Gasteiger charge is 2.09. The normalized spacial score (nSPS) is 19.7. The Morgan fingerprint density at radius 1 is 0.800 bits per heavy atom. The van der Waals surface area contributed by atoms with E-state index in [1.54, 1.807) is 12.1 Å². The molecule has 8 heteroatoms. The predicted molar refractivity (Wildman–Crippen MR) is 91.6 cm³/mol. The van der Waals surface area contributed by atoms with Crippen LogP contribution >= 0.6 is 0 Å². The molecule has 140 valence electrons. The standard InChI is InChI=1S/C17H26N2O6/c20-19(21)17-3-1-16(2-4-17)15-18-5-7-22-9-11-24-13-14-25-12-10-23-8-6-18/h1-4H,5-15H2. The molecule has 1 aliphatic heterocycles. The lowest BCUT2D eigenvalue weighted by Gasteiger charge is -2.22. The van der Waals surface area contributed by atoms with Crippen molar-refractivity contribution in [1.82, 2.24) is 4.90 Å². The number of nitro benzene ring substituents is 1. The van der Waals surface area contributed by atoms with Crippen molar-refractivity contribution in [2.24, 2.45) is 0 Å². The lowest BCUT2D eigenvalue weighted by Crippen LogP contribution is -2.31. The summed E-state index contributed by atoms with van der Waals surface area (Å²) in [6, 6.07) is 6.64. The van der Waals surface area contributed by atoms with Gasteiger partial charge < -0.3 is 18.9 Å². The van der Waals surface area contributed by atoms with Crippen molar-refractivity contribution in [1.29, 1.82) is 0 Å². The first-order chi connectivity index (χ1) is 12.3. The third-order valence-electron chi connectivity index (χ3n) is 3.77. The Balaban J connectivity index is 1.84. The average Bonchev–Trinajstić information content (AvgIpc) is 2.62. The van der Waals surface area contributed by atoms with E-state index in [9.17, 15) is 10.1 Å². The molecule has 0 unspecified atom stereocenters. The van der Waals surface area contributed by atoms with E-state index in [4.69, 9.17) is 18.9 Å². The largest absolute Gasteiger partial charge is 0.378 e. The summed E-state index contributed by atoms with van der Waals surface area (Å²) in [6.45, 7) is 6.78. The van der Waals surface area contributed by atoms with Crippen LogP contribution in [0.15, 0.2) is 24.3 Å². The van der Waals surface area contributed by atoms with E-state index in [1.165, 1.54) is 12.1 Å². The molecule has 1 fully saturated rings. The number of non-ortho nitro benzene ring substituents is 1. The fraction of sp³-hybridized carbons (Fsp3) is 0.647. The van der Waals surface area contributed by atoms with Crippen LogP contribution < -0.4 is 0 Å². The van der Waals surface area contributed by atoms with Crippen LogP contribution in [-0.2, 0) is 25.5 Å². The molecule has 1 saturated heterocycles. The van der Waals surface area contributed by atoms with Gasteiger partial charge in [0, 0.05) is 31.8 Å². The molecular weight excluding hydrogens is 328 g/mol. The van der Waals surface area contributed by atoms with Crippen molar-refractivity contribution < 1.29 is 23.9 Å². The van der Waals surface area contributed by atoms with E-state index in [1.807, 2.05) is 0 Å². The first kappa shape index (κ1) is 19.7. The minimum Gasteiger partial charge on any atom is -0.378 e. The van der Waals surface area contributed by atoms with Crippen LogP contribution in [0.1, 0.15) is 5.56 Å². The van der Waals surface area contributed by atoms with Gasteiger partial charge in [-0.2, -0.15) is 0 Å². The van der Waals surface area contributed by atoms with Gasteiger partial charge in [0.2, 0.25) is 0 Å². The minimum absolute atomic E-state index is 0.104. The van der Waals surface area contributed by atoms with Crippen molar-refractivity contribution in [3.05, 3.63) is 39.9 Å². The minimum atomic E-state index is -0.389. The van der Waals surface area contributed by atoms with Crippen LogP contribution in [0.5, 0.6) is 0 Å². The van der Waals surface area contributed by atoms with E-state index in [0.717, 1.165) is 18.7 Å². The maximum atomic E-state index is 10.7. The van der Waals surface area contributed by atoms with E-state index in [2.05, 4.69) is 4.90 Å². The second-order valence-corrected chi connectivity index (χ2v) is 5.65. The maximum Gasteiger partial charge on any atom is 0.269 e. The topological polar surface area (TPSA) is 83.3 Å². The predicted octanol–water partition coefficient (Wildman–Crippen LogP) is 1.48. The summed E-state index contributed by atoms with van der Waals surface area (Å²) in [4.78, 5) is 12.6. The van der Waals surface area contributed by atoms with Gasteiger partial charge in [-0.05, 0) is 5.56 Å². The van der Waals surface area contributed by atoms with Gasteiger partial charge in [0.1, 0.15) is 0 Å². The zero-order valence-corrected chi connectivity index (χ0v) is 14.4. The second-order valence-electron chi connectivity index (χ2n) is 5.65. The molecule has 0 spiro atoms. The van der Waals surface area contributed by atoms with Gasteiger partial charge in [0.15, 0.2) is 0 Å². The molecular formula is C17H26N2O6. The molecule has 8 nitrogen and oxygen atoms in total. The summed E-state index contributed by atoms with van der Waals surface area (Å²) in [5, 5.41) is 10.7. The molecule has 0 aliphatic carbocycles. The third-order valence-corrected chi connectivity index (χ3v) is 3.77. The first-order valence-corrected chi connectivity index (χ1v) is 8.52. The van der Waals surface area contributed by atoms with E-state index >= 15 is 0 Å². The smallest absolute Gasteiger partial charge is 0.269 e. The molecule has 0 bridgehead atoms. The number of nitro groups is 1. The monoisotopic (exact) mass is 354 g/mol. The quantitative estimate of drug-likeness (QED) is 0.600. The summed E-state index contributed by atoms with van der Waals surface area (Å²) in [5.74, 6) is 0. The van der Waals surface area contributed by atoms with Crippen LogP contribution in [0, 0.1) is 10.1 Å². The van der Waals surface area contributed by atoms with E-state index in [-0.39, 0.29) is 10.6 Å². The lowest BCUT2D eigenvalue weighted by atomic mass is 10.2. The summed E-state index contributed by atoms with van der Waals surface area (Å²) in [6.07, 6.45) is 0. The summed E-state index contributed by atoms with van der Waals surface area (Å²) >= 11 is 0. The van der Waals surface area contributed by atoms with Gasteiger partial charge in [-0.3, -0.25) is 15.0 Å². The van der Waals surface area contributed by atoms with Crippen LogP contribution in [0.3, 0.4) is 0 Å². The van der Waals surface area contributed by atoms with Crippen molar-refractivity contribution in [2.45, 2.75) is 6.54 Å². The molecule has 1 aliphatic rings. The summed E-state index contributed by atoms with van der Waals surface area (Å²) in [5.41, 5.74) is 1.13. The first-order valence-electron chi connectivity index (χ1n) is 8.52. The molecule has 0 radical (unpaired) electrons. The molecule has 0 N–H and O–H groups in total. The number of hydrogen-bond acceptors (Lipinski definition) is 7. The zero-order valence-electron chi connectivity index (χ0n) is 14.4. The Morgan fingerprint density at radius 3 is 1.68 bits per heavy atom. The van der Waals surface area contributed by atoms with Crippen LogP contribution in [0.2, 0.25) is 0 Å². The van der Waals surface area contributed by atoms with Crippen molar-refractivity contribution in [3.8, 4) is 0 Å². The highest BCUT2D eigenvalue weighted by molar-refractivity contribution is 5.32. The summed E-state index contributed by atoms with van der Waals surface area (Å²) in [7, 11) is 0. The Kier molecular flexibility index (Phi) is 9.38. The van der Waals surface area contributed by atoms with Gasteiger partial charge in [0.25, 0.3) is 5.69 Å². The SMILES string of the molecule is O=[N+]([O-])c1ccc(CN2CCOCCOCCOCCOCC2)cc1. The summed E-state index contributed by atoms with van der Waals surface area (Å²) < 4.78 is 22.0.